The summed E-state index contributed by atoms with van der Waals surface area (Å²) in [6.45, 7) is 7.15. The van der Waals surface area contributed by atoms with Crippen LogP contribution in [0.3, 0.4) is 0 Å². The van der Waals surface area contributed by atoms with Gasteiger partial charge >= 0.3 is 0 Å². The molecule has 0 unspecified atom stereocenters. The molecule has 27 heavy (non-hydrogen) atoms. The van der Waals surface area contributed by atoms with Crippen LogP contribution in [0, 0.1) is 5.92 Å². The van der Waals surface area contributed by atoms with E-state index in [1.807, 2.05) is 59.5 Å². The second-order valence-electron chi connectivity index (χ2n) is 7.52. The number of benzene rings is 2. The lowest BCUT2D eigenvalue weighted by molar-refractivity contribution is -0.00231. The predicted octanol–water partition coefficient (Wildman–Crippen LogP) is 4.54. The standard InChI is InChI=1S/C23H29NO3/c1-18(2)16-26-22-12-14-24(15-13-22)23(25)20-8-10-21(11-9-20)27-17-19-6-4-3-5-7-19/h3-11,18,22H,12-17H2,1-2H3. The molecule has 144 valence electrons. The number of piperidine rings is 1. The summed E-state index contributed by atoms with van der Waals surface area (Å²) in [5, 5.41) is 0. The topological polar surface area (TPSA) is 38.8 Å². The first-order valence-electron chi connectivity index (χ1n) is 9.79. The normalized spacial score (nSPS) is 15.1. The van der Waals surface area contributed by atoms with Gasteiger partial charge in [-0.2, -0.15) is 0 Å². The lowest BCUT2D eigenvalue weighted by Crippen LogP contribution is -2.41. The maximum Gasteiger partial charge on any atom is 0.253 e. The van der Waals surface area contributed by atoms with Crippen LogP contribution in [-0.2, 0) is 11.3 Å². The second kappa shape index (κ2) is 9.56. The number of rotatable bonds is 7. The van der Waals surface area contributed by atoms with Gasteiger partial charge in [-0.25, -0.2) is 0 Å². The van der Waals surface area contributed by atoms with Gasteiger partial charge in [-0.1, -0.05) is 44.2 Å². The Labute approximate surface area is 162 Å². The zero-order valence-electron chi connectivity index (χ0n) is 16.3. The van der Waals surface area contributed by atoms with E-state index in [2.05, 4.69) is 13.8 Å². The van der Waals surface area contributed by atoms with E-state index in [0.29, 0.717) is 18.1 Å². The molecule has 4 heteroatoms. The third-order valence-corrected chi connectivity index (χ3v) is 4.74. The average molecular weight is 367 g/mol. The van der Waals surface area contributed by atoms with Gasteiger partial charge in [0.05, 0.1) is 6.10 Å². The van der Waals surface area contributed by atoms with Gasteiger partial charge in [-0.05, 0) is 48.6 Å². The summed E-state index contributed by atoms with van der Waals surface area (Å²) in [6, 6.07) is 17.5. The molecule has 4 nitrogen and oxygen atoms in total. The maximum absolute atomic E-state index is 12.7. The van der Waals surface area contributed by atoms with Gasteiger partial charge in [-0.15, -0.1) is 0 Å². The van der Waals surface area contributed by atoms with Crippen LogP contribution in [0.2, 0.25) is 0 Å². The lowest BCUT2D eigenvalue weighted by Gasteiger charge is -2.32. The Morgan fingerprint density at radius 1 is 1.04 bits per heavy atom. The highest BCUT2D eigenvalue weighted by Crippen LogP contribution is 2.19. The molecule has 2 aromatic rings. The molecule has 0 bridgehead atoms. The molecule has 2 aromatic carbocycles. The van der Waals surface area contributed by atoms with E-state index < -0.39 is 0 Å². The molecule has 0 radical (unpaired) electrons. The van der Waals surface area contributed by atoms with Crippen LogP contribution in [0.15, 0.2) is 54.6 Å². The van der Waals surface area contributed by atoms with Crippen LogP contribution in [0.4, 0.5) is 0 Å². The fourth-order valence-electron chi connectivity index (χ4n) is 3.17. The Balaban J connectivity index is 1.48. The summed E-state index contributed by atoms with van der Waals surface area (Å²) in [4.78, 5) is 14.6. The van der Waals surface area contributed by atoms with Crippen molar-refractivity contribution in [3.8, 4) is 5.75 Å². The number of amides is 1. The number of likely N-dealkylation sites (tertiary alicyclic amines) is 1. The molecule has 0 aliphatic carbocycles. The summed E-state index contributed by atoms with van der Waals surface area (Å²) in [6.07, 6.45) is 2.11. The van der Waals surface area contributed by atoms with Crippen molar-refractivity contribution in [2.45, 2.75) is 39.4 Å². The molecule has 0 N–H and O–H groups in total. The Bertz CT molecular complexity index is 704. The van der Waals surface area contributed by atoms with Crippen molar-refractivity contribution < 1.29 is 14.3 Å². The van der Waals surface area contributed by atoms with Crippen molar-refractivity contribution >= 4 is 5.91 Å². The van der Waals surface area contributed by atoms with Gasteiger partial charge in [-0.3, -0.25) is 4.79 Å². The van der Waals surface area contributed by atoms with E-state index in [9.17, 15) is 4.79 Å². The fourth-order valence-corrected chi connectivity index (χ4v) is 3.17. The predicted molar refractivity (Wildman–Crippen MR) is 107 cm³/mol. The van der Waals surface area contributed by atoms with Crippen LogP contribution < -0.4 is 4.74 Å². The first-order valence-corrected chi connectivity index (χ1v) is 9.79. The van der Waals surface area contributed by atoms with Crippen molar-refractivity contribution in [2.24, 2.45) is 5.92 Å². The highest BCUT2D eigenvalue weighted by Gasteiger charge is 2.24. The SMILES string of the molecule is CC(C)COC1CCN(C(=O)c2ccc(OCc3ccccc3)cc2)CC1. The van der Waals surface area contributed by atoms with E-state index in [1.54, 1.807) is 0 Å². The quantitative estimate of drug-likeness (QED) is 0.721. The van der Waals surface area contributed by atoms with E-state index in [-0.39, 0.29) is 12.0 Å². The third-order valence-electron chi connectivity index (χ3n) is 4.74. The molecule has 1 heterocycles. The molecular weight excluding hydrogens is 338 g/mol. The molecule has 3 rings (SSSR count). The number of hydrogen-bond acceptors (Lipinski definition) is 3. The molecule has 1 aliphatic rings. The van der Waals surface area contributed by atoms with E-state index in [1.165, 1.54) is 0 Å². The zero-order valence-corrected chi connectivity index (χ0v) is 16.3. The highest BCUT2D eigenvalue weighted by molar-refractivity contribution is 5.94. The summed E-state index contributed by atoms with van der Waals surface area (Å²) in [5.74, 6) is 1.41. The molecule has 1 saturated heterocycles. The molecule has 1 amide bonds. The van der Waals surface area contributed by atoms with Gasteiger partial charge in [0.1, 0.15) is 12.4 Å². The van der Waals surface area contributed by atoms with Crippen molar-refractivity contribution in [2.75, 3.05) is 19.7 Å². The highest BCUT2D eigenvalue weighted by atomic mass is 16.5. The minimum absolute atomic E-state index is 0.0897. The van der Waals surface area contributed by atoms with Crippen LogP contribution in [0.1, 0.15) is 42.6 Å². The van der Waals surface area contributed by atoms with Gasteiger partial charge < -0.3 is 14.4 Å². The van der Waals surface area contributed by atoms with Gasteiger partial charge in [0, 0.05) is 25.3 Å². The minimum atomic E-state index is 0.0897. The van der Waals surface area contributed by atoms with Crippen molar-refractivity contribution in [3.05, 3.63) is 65.7 Å². The van der Waals surface area contributed by atoms with E-state index in [0.717, 1.165) is 43.9 Å². The van der Waals surface area contributed by atoms with Gasteiger partial charge in [0.25, 0.3) is 5.91 Å². The Morgan fingerprint density at radius 3 is 2.33 bits per heavy atom. The van der Waals surface area contributed by atoms with Crippen molar-refractivity contribution in [3.63, 3.8) is 0 Å². The zero-order chi connectivity index (χ0) is 19.1. The molecule has 0 atom stereocenters. The number of carbonyl (C=O) groups is 1. The number of hydrogen-bond donors (Lipinski definition) is 0. The van der Waals surface area contributed by atoms with Crippen LogP contribution in [0.5, 0.6) is 5.75 Å². The first-order chi connectivity index (χ1) is 13.1. The largest absolute Gasteiger partial charge is 0.489 e. The molecule has 0 saturated carbocycles. The third kappa shape index (κ3) is 5.83. The smallest absolute Gasteiger partial charge is 0.253 e. The van der Waals surface area contributed by atoms with Crippen LogP contribution in [-0.4, -0.2) is 36.6 Å². The minimum Gasteiger partial charge on any atom is -0.489 e. The second-order valence-corrected chi connectivity index (χ2v) is 7.52. The maximum atomic E-state index is 12.7. The Kier molecular flexibility index (Phi) is 6.88. The molecule has 1 fully saturated rings. The van der Waals surface area contributed by atoms with Gasteiger partial charge in [0.2, 0.25) is 0 Å². The molecule has 0 aromatic heterocycles. The fraction of sp³-hybridized carbons (Fsp3) is 0.435. The molecule has 0 spiro atoms. The molecular formula is C23H29NO3. The number of ether oxygens (including phenoxy) is 2. The summed E-state index contributed by atoms with van der Waals surface area (Å²) < 4.78 is 11.7. The number of carbonyl (C=O) groups excluding carboxylic acids is 1. The van der Waals surface area contributed by atoms with Crippen LogP contribution in [0.25, 0.3) is 0 Å². The average Bonchev–Trinajstić information content (AvgIpc) is 2.72. The monoisotopic (exact) mass is 367 g/mol. The Morgan fingerprint density at radius 2 is 1.70 bits per heavy atom. The van der Waals surface area contributed by atoms with Gasteiger partial charge in [0.15, 0.2) is 0 Å². The Hall–Kier alpha value is -2.33. The molecule has 1 aliphatic heterocycles. The van der Waals surface area contributed by atoms with Crippen molar-refractivity contribution in [1.82, 2.24) is 4.90 Å². The van der Waals surface area contributed by atoms with Crippen molar-refractivity contribution in [1.29, 1.82) is 0 Å². The van der Waals surface area contributed by atoms with E-state index >= 15 is 0 Å². The van der Waals surface area contributed by atoms with Crippen LogP contribution >= 0.6 is 0 Å². The first kappa shape index (κ1) is 19.4. The number of nitrogens with zero attached hydrogens (tertiary/aromatic N) is 1. The summed E-state index contributed by atoms with van der Waals surface area (Å²) >= 11 is 0. The summed E-state index contributed by atoms with van der Waals surface area (Å²) in [5.41, 5.74) is 1.84. The summed E-state index contributed by atoms with van der Waals surface area (Å²) in [7, 11) is 0. The lowest BCUT2D eigenvalue weighted by atomic mass is 10.1. The van der Waals surface area contributed by atoms with E-state index in [4.69, 9.17) is 9.47 Å².